The van der Waals surface area contributed by atoms with Gasteiger partial charge in [-0.3, -0.25) is 9.59 Å². The zero-order valence-electron chi connectivity index (χ0n) is 15.4. The second-order valence-corrected chi connectivity index (χ2v) is 6.93. The van der Waals surface area contributed by atoms with E-state index in [0.29, 0.717) is 28.2 Å². The Kier molecular flexibility index (Phi) is 5.86. The third-order valence-electron chi connectivity index (χ3n) is 5.12. The second-order valence-electron chi connectivity index (χ2n) is 6.93. The summed E-state index contributed by atoms with van der Waals surface area (Å²) >= 11 is 0. The summed E-state index contributed by atoms with van der Waals surface area (Å²) in [6, 6.07) is 4.03. The summed E-state index contributed by atoms with van der Waals surface area (Å²) in [7, 11) is 0. The van der Waals surface area contributed by atoms with Crippen LogP contribution in [0.5, 0.6) is 0 Å². The normalized spacial score (nSPS) is 19.7. The van der Waals surface area contributed by atoms with Crippen molar-refractivity contribution in [3.05, 3.63) is 47.0 Å². The molecule has 1 atom stereocenters. The highest BCUT2D eigenvalue weighted by molar-refractivity contribution is 6.34. The molecule has 1 aromatic carbocycles. The Labute approximate surface area is 168 Å². The van der Waals surface area contributed by atoms with Gasteiger partial charge in [0.25, 0.3) is 5.91 Å². The lowest BCUT2D eigenvalue weighted by molar-refractivity contribution is -0.118. The number of aromatic nitrogens is 1. The highest BCUT2D eigenvalue weighted by Gasteiger charge is 2.26. The molecule has 3 heterocycles. The van der Waals surface area contributed by atoms with E-state index in [0.717, 1.165) is 31.4 Å². The molecule has 148 valence electrons. The van der Waals surface area contributed by atoms with Gasteiger partial charge in [-0.1, -0.05) is 6.42 Å². The van der Waals surface area contributed by atoms with Crippen molar-refractivity contribution in [2.24, 2.45) is 0 Å². The number of hydrogen-bond donors (Lipinski definition) is 4. The van der Waals surface area contributed by atoms with Gasteiger partial charge in [-0.05, 0) is 56.1 Å². The minimum Gasteiger partial charge on any atom is -0.360 e. The number of anilines is 2. The third kappa shape index (κ3) is 3.81. The van der Waals surface area contributed by atoms with Crippen LogP contribution < -0.4 is 16.0 Å². The molecule has 4 N–H and O–H groups in total. The number of piperidine rings is 1. The van der Waals surface area contributed by atoms with Crippen LogP contribution in [0.4, 0.5) is 15.8 Å². The Morgan fingerprint density at radius 2 is 2.14 bits per heavy atom. The maximum absolute atomic E-state index is 13.6. The molecule has 0 radical (unpaired) electrons. The van der Waals surface area contributed by atoms with Crippen LogP contribution in [-0.2, 0) is 9.59 Å². The van der Waals surface area contributed by atoms with E-state index in [1.54, 1.807) is 18.3 Å². The van der Waals surface area contributed by atoms with Crippen molar-refractivity contribution >= 4 is 47.2 Å². The number of benzene rings is 1. The molecule has 6 nitrogen and oxygen atoms in total. The van der Waals surface area contributed by atoms with E-state index in [2.05, 4.69) is 20.9 Å². The van der Waals surface area contributed by atoms with E-state index in [-0.39, 0.29) is 30.3 Å². The van der Waals surface area contributed by atoms with Crippen LogP contribution in [0.25, 0.3) is 11.6 Å². The van der Waals surface area contributed by atoms with Gasteiger partial charge in [-0.25, -0.2) is 4.39 Å². The quantitative estimate of drug-likeness (QED) is 0.591. The molecule has 2 amide bonds. The summed E-state index contributed by atoms with van der Waals surface area (Å²) in [6.07, 6.45) is 6.36. The van der Waals surface area contributed by atoms with Gasteiger partial charge in [0.15, 0.2) is 0 Å². The summed E-state index contributed by atoms with van der Waals surface area (Å²) in [5.74, 6) is -0.726. The number of hydrogen-bond acceptors (Lipinski definition) is 3. The van der Waals surface area contributed by atoms with E-state index in [1.165, 1.54) is 12.1 Å². The number of nitrogens with one attached hydrogen (secondary N) is 4. The van der Waals surface area contributed by atoms with E-state index < -0.39 is 5.82 Å². The largest absolute Gasteiger partial charge is 0.360 e. The molecular weight excluding hydrogens is 383 g/mol. The predicted octanol–water partition coefficient (Wildman–Crippen LogP) is 3.46. The lowest BCUT2D eigenvalue weighted by atomic mass is 10.0. The minimum absolute atomic E-state index is 0. The summed E-state index contributed by atoms with van der Waals surface area (Å²) in [5.41, 5.74) is 3.71. The van der Waals surface area contributed by atoms with Gasteiger partial charge in [0.05, 0.1) is 17.3 Å². The molecule has 2 aliphatic rings. The Morgan fingerprint density at radius 3 is 2.89 bits per heavy atom. The van der Waals surface area contributed by atoms with Gasteiger partial charge in [-0.15, -0.1) is 12.4 Å². The molecule has 1 unspecified atom stereocenters. The lowest BCUT2D eigenvalue weighted by Gasteiger charge is -2.22. The first kappa shape index (κ1) is 20.1. The maximum Gasteiger partial charge on any atom is 0.256 e. The van der Waals surface area contributed by atoms with Gasteiger partial charge >= 0.3 is 0 Å². The van der Waals surface area contributed by atoms with Crippen LogP contribution in [-0.4, -0.2) is 29.4 Å². The van der Waals surface area contributed by atoms with Gasteiger partial charge in [0, 0.05) is 23.1 Å². The van der Waals surface area contributed by atoms with Crippen LogP contribution in [0.3, 0.4) is 0 Å². The van der Waals surface area contributed by atoms with Crippen molar-refractivity contribution in [2.75, 3.05) is 17.2 Å². The molecule has 4 rings (SSSR count). The number of amides is 2. The molecule has 1 saturated heterocycles. The molecule has 0 saturated carbocycles. The number of H-pyrrole nitrogens is 1. The van der Waals surface area contributed by atoms with E-state index in [4.69, 9.17) is 0 Å². The number of rotatable bonds is 3. The van der Waals surface area contributed by atoms with Crippen LogP contribution in [0.1, 0.15) is 36.1 Å². The van der Waals surface area contributed by atoms with E-state index in [1.807, 2.05) is 6.92 Å². The molecule has 0 spiro atoms. The summed E-state index contributed by atoms with van der Waals surface area (Å²) < 4.78 is 13.6. The van der Waals surface area contributed by atoms with E-state index >= 15 is 0 Å². The van der Waals surface area contributed by atoms with Crippen LogP contribution in [0, 0.1) is 12.7 Å². The van der Waals surface area contributed by atoms with Gasteiger partial charge in [0.1, 0.15) is 5.82 Å². The molecule has 1 aromatic heterocycles. The Balaban J connectivity index is 0.00000225. The van der Waals surface area contributed by atoms with E-state index in [9.17, 15) is 14.0 Å². The van der Waals surface area contributed by atoms with Crippen LogP contribution in [0.2, 0.25) is 0 Å². The van der Waals surface area contributed by atoms with Crippen molar-refractivity contribution in [2.45, 2.75) is 32.2 Å². The molecular formula is C20H22ClFN4O2. The third-order valence-corrected chi connectivity index (χ3v) is 5.12. The lowest BCUT2D eigenvalue weighted by Crippen LogP contribution is -2.43. The first-order chi connectivity index (χ1) is 13.0. The molecule has 28 heavy (non-hydrogen) atoms. The second kappa shape index (κ2) is 8.16. The predicted molar refractivity (Wildman–Crippen MR) is 110 cm³/mol. The summed E-state index contributed by atoms with van der Waals surface area (Å²) in [5, 5.41) is 8.90. The summed E-state index contributed by atoms with van der Waals surface area (Å²) in [4.78, 5) is 27.8. The van der Waals surface area contributed by atoms with Crippen molar-refractivity contribution in [3.8, 4) is 0 Å². The topological polar surface area (TPSA) is 86.0 Å². The average molecular weight is 405 g/mol. The summed E-state index contributed by atoms with van der Waals surface area (Å²) in [6.45, 7) is 2.72. The minimum atomic E-state index is -0.396. The standard InChI is InChI=1S/C20H21FN4O2.ClH/c1-11-17(9-14-13-8-12(21)5-6-15(13)24-19(14)26)23-10-18(11)25-20(27)16-4-2-3-7-22-16;/h5-6,8-10,16,22-23H,2-4,7H2,1H3,(H,24,26)(H,25,27);1H/b14-9-;. The van der Waals surface area contributed by atoms with Crippen molar-refractivity contribution in [3.63, 3.8) is 0 Å². The number of fused-ring (bicyclic) bond motifs is 1. The maximum atomic E-state index is 13.6. The SMILES string of the molecule is Cc1c(NC(=O)C2CCCCN2)c[nH]c1/C=C1\C(=O)Nc2ccc(F)cc21.Cl. The monoisotopic (exact) mass is 404 g/mol. The number of carbonyl (C=O) groups is 2. The van der Waals surface area contributed by atoms with Crippen molar-refractivity contribution in [1.29, 1.82) is 0 Å². The Morgan fingerprint density at radius 1 is 1.32 bits per heavy atom. The van der Waals surface area contributed by atoms with Gasteiger partial charge in [-0.2, -0.15) is 0 Å². The molecule has 2 aromatic rings. The molecule has 2 aliphatic heterocycles. The fourth-order valence-electron chi connectivity index (χ4n) is 3.53. The molecule has 0 aliphatic carbocycles. The molecule has 0 bridgehead atoms. The number of aromatic amines is 1. The molecule has 8 heteroatoms. The van der Waals surface area contributed by atoms with Crippen LogP contribution >= 0.6 is 12.4 Å². The number of carbonyl (C=O) groups excluding carboxylic acids is 2. The molecule has 1 fully saturated rings. The first-order valence-electron chi connectivity index (χ1n) is 9.08. The smallest absolute Gasteiger partial charge is 0.256 e. The van der Waals surface area contributed by atoms with Crippen molar-refractivity contribution < 1.29 is 14.0 Å². The fraction of sp³-hybridized carbons (Fsp3) is 0.300. The fourth-order valence-corrected chi connectivity index (χ4v) is 3.53. The highest BCUT2D eigenvalue weighted by atomic mass is 35.5. The number of halogens is 2. The van der Waals surface area contributed by atoms with Crippen LogP contribution in [0.15, 0.2) is 24.4 Å². The Bertz CT molecular complexity index is 948. The zero-order chi connectivity index (χ0) is 19.0. The zero-order valence-corrected chi connectivity index (χ0v) is 16.2. The Hall–Kier alpha value is -2.64. The average Bonchev–Trinajstić information content (AvgIpc) is 3.16. The van der Waals surface area contributed by atoms with Gasteiger partial charge < -0.3 is 20.9 Å². The highest BCUT2D eigenvalue weighted by Crippen LogP contribution is 2.34. The van der Waals surface area contributed by atoms with Gasteiger partial charge in [0.2, 0.25) is 5.91 Å². The first-order valence-corrected chi connectivity index (χ1v) is 9.08. The van der Waals surface area contributed by atoms with Crippen molar-refractivity contribution in [1.82, 2.24) is 10.3 Å².